The highest BCUT2D eigenvalue weighted by Gasteiger charge is 2.14. The molecule has 0 atom stereocenters. The van der Waals surface area contributed by atoms with Gasteiger partial charge in [-0.1, -0.05) is 5.16 Å². The third-order valence-corrected chi connectivity index (χ3v) is 2.68. The summed E-state index contributed by atoms with van der Waals surface area (Å²) in [6.07, 6.45) is 1.73. The van der Waals surface area contributed by atoms with Crippen LogP contribution in [0.5, 0.6) is 0 Å². The molecule has 2 aromatic rings. The van der Waals surface area contributed by atoms with Gasteiger partial charge in [0, 0.05) is 17.5 Å². The van der Waals surface area contributed by atoms with Crippen molar-refractivity contribution in [2.75, 3.05) is 5.73 Å². The molecule has 72 valence electrons. The Morgan fingerprint density at radius 2 is 2.29 bits per heavy atom. The van der Waals surface area contributed by atoms with Crippen LogP contribution in [0.3, 0.4) is 0 Å². The first-order valence-corrected chi connectivity index (χ1v) is 4.82. The van der Waals surface area contributed by atoms with Crippen LogP contribution in [0.25, 0.3) is 11.3 Å². The normalized spacial score (nSPS) is 10.4. The molecule has 4 nitrogen and oxygen atoms in total. The van der Waals surface area contributed by atoms with Crippen molar-refractivity contribution in [1.82, 2.24) is 10.1 Å². The van der Waals surface area contributed by atoms with Gasteiger partial charge in [-0.05, 0) is 35.0 Å². The van der Waals surface area contributed by atoms with Crippen molar-refractivity contribution in [3.63, 3.8) is 0 Å². The van der Waals surface area contributed by atoms with E-state index in [0.717, 1.165) is 11.3 Å². The molecule has 0 aliphatic heterocycles. The molecule has 2 aromatic heterocycles. The van der Waals surface area contributed by atoms with Crippen molar-refractivity contribution in [3.8, 4) is 11.3 Å². The van der Waals surface area contributed by atoms with Crippen molar-refractivity contribution < 1.29 is 4.52 Å². The summed E-state index contributed by atoms with van der Waals surface area (Å²) in [6.45, 7) is 1.90. The molecule has 0 saturated carbocycles. The minimum absolute atomic E-state index is 0.350. The first kappa shape index (κ1) is 9.21. The van der Waals surface area contributed by atoms with Gasteiger partial charge >= 0.3 is 0 Å². The third-order valence-electron chi connectivity index (χ3n) is 1.91. The van der Waals surface area contributed by atoms with Gasteiger partial charge < -0.3 is 10.3 Å². The fourth-order valence-corrected chi connectivity index (χ4v) is 1.54. The number of nitrogens with zero attached hydrogens (tertiary/aromatic N) is 2. The highest BCUT2D eigenvalue weighted by Crippen LogP contribution is 2.33. The minimum Gasteiger partial charge on any atom is -0.380 e. The topological polar surface area (TPSA) is 64.9 Å². The van der Waals surface area contributed by atoms with Gasteiger partial charge in [-0.2, -0.15) is 0 Å². The zero-order chi connectivity index (χ0) is 10.1. The number of rotatable bonds is 1. The van der Waals surface area contributed by atoms with E-state index in [4.69, 9.17) is 10.3 Å². The molecule has 2 heterocycles. The molecule has 14 heavy (non-hydrogen) atoms. The highest BCUT2D eigenvalue weighted by molar-refractivity contribution is 9.10. The molecular formula is C9H8BrN3O. The number of nitrogens with two attached hydrogens (primary N) is 1. The Bertz CT molecular complexity index is 467. The van der Waals surface area contributed by atoms with Crippen molar-refractivity contribution in [2.45, 2.75) is 6.92 Å². The van der Waals surface area contributed by atoms with Crippen LogP contribution in [-0.2, 0) is 0 Å². The molecule has 0 amide bonds. The standard InChI is InChI=1S/C9H8BrN3O/c1-5-6(3-2-4-12-5)8-7(10)9(11)13-14-8/h2-4H,1H3,(H2,11,13). The number of halogens is 1. The van der Waals surface area contributed by atoms with Crippen LogP contribution in [0, 0.1) is 6.92 Å². The van der Waals surface area contributed by atoms with Crippen LogP contribution in [0.2, 0.25) is 0 Å². The number of anilines is 1. The lowest BCUT2D eigenvalue weighted by molar-refractivity contribution is 0.435. The SMILES string of the molecule is Cc1ncccc1-c1onc(N)c1Br. The molecule has 0 radical (unpaired) electrons. The van der Waals surface area contributed by atoms with Crippen molar-refractivity contribution in [1.29, 1.82) is 0 Å². The van der Waals surface area contributed by atoms with E-state index in [9.17, 15) is 0 Å². The van der Waals surface area contributed by atoms with Gasteiger partial charge in [0.2, 0.25) is 0 Å². The van der Waals surface area contributed by atoms with Crippen molar-refractivity contribution in [2.24, 2.45) is 0 Å². The Labute approximate surface area is 89.2 Å². The molecule has 2 rings (SSSR count). The second-order valence-electron chi connectivity index (χ2n) is 2.85. The Morgan fingerprint density at radius 1 is 1.50 bits per heavy atom. The summed E-state index contributed by atoms with van der Waals surface area (Å²) in [5, 5.41) is 3.66. The van der Waals surface area contributed by atoms with E-state index in [0.29, 0.717) is 16.1 Å². The highest BCUT2D eigenvalue weighted by atomic mass is 79.9. The third kappa shape index (κ3) is 1.39. The largest absolute Gasteiger partial charge is 0.380 e. The van der Waals surface area contributed by atoms with Crippen LogP contribution in [0.4, 0.5) is 5.82 Å². The number of hydrogen-bond acceptors (Lipinski definition) is 4. The predicted octanol–water partition coefficient (Wildman–Crippen LogP) is 2.39. The monoisotopic (exact) mass is 253 g/mol. The van der Waals surface area contributed by atoms with Gasteiger partial charge in [0.15, 0.2) is 11.6 Å². The van der Waals surface area contributed by atoms with E-state index in [1.165, 1.54) is 0 Å². The maximum absolute atomic E-state index is 5.56. The van der Waals surface area contributed by atoms with E-state index in [1.807, 2.05) is 19.1 Å². The lowest BCUT2D eigenvalue weighted by Crippen LogP contribution is -1.86. The smallest absolute Gasteiger partial charge is 0.185 e. The minimum atomic E-state index is 0.350. The van der Waals surface area contributed by atoms with Crippen LogP contribution < -0.4 is 5.73 Å². The zero-order valence-corrected chi connectivity index (χ0v) is 9.08. The van der Waals surface area contributed by atoms with Crippen LogP contribution in [-0.4, -0.2) is 10.1 Å². The summed E-state index contributed by atoms with van der Waals surface area (Å²) < 4.78 is 5.77. The van der Waals surface area contributed by atoms with Gasteiger partial charge in [-0.25, -0.2) is 0 Å². The van der Waals surface area contributed by atoms with E-state index in [-0.39, 0.29) is 0 Å². The van der Waals surface area contributed by atoms with Gasteiger partial charge in [0.25, 0.3) is 0 Å². The molecule has 5 heteroatoms. The first-order valence-electron chi connectivity index (χ1n) is 4.03. The Morgan fingerprint density at radius 3 is 2.86 bits per heavy atom. The lowest BCUT2D eigenvalue weighted by Gasteiger charge is -1.99. The molecule has 0 bridgehead atoms. The van der Waals surface area contributed by atoms with Gasteiger partial charge in [0.1, 0.15) is 4.47 Å². The average Bonchev–Trinajstić information content (AvgIpc) is 2.49. The Kier molecular flexibility index (Phi) is 2.25. The summed E-state index contributed by atoms with van der Waals surface area (Å²) in [4.78, 5) is 4.16. The summed E-state index contributed by atoms with van der Waals surface area (Å²) in [7, 11) is 0. The Balaban J connectivity index is 2.60. The molecule has 0 fully saturated rings. The zero-order valence-electron chi connectivity index (χ0n) is 7.49. The van der Waals surface area contributed by atoms with E-state index in [1.54, 1.807) is 6.20 Å². The van der Waals surface area contributed by atoms with E-state index >= 15 is 0 Å². The second-order valence-corrected chi connectivity index (χ2v) is 3.64. The van der Waals surface area contributed by atoms with Gasteiger partial charge in [-0.15, -0.1) is 0 Å². The number of aryl methyl sites for hydroxylation is 1. The summed E-state index contributed by atoms with van der Waals surface area (Å²) in [5.74, 6) is 0.969. The van der Waals surface area contributed by atoms with Gasteiger partial charge in [0.05, 0.1) is 0 Å². The molecule has 0 unspecified atom stereocenters. The maximum atomic E-state index is 5.56. The Hall–Kier alpha value is -1.36. The fourth-order valence-electron chi connectivity index (χ4n) is 1.18. The van der Waals surface area contributed by atoms with Crippen molar-refractivity contribution in [3.05, 3.63) is 28.5 Å². The number of pyridine rings is 1. The number of nitrogen functional groups attached to an aromatic ring is 1. The van der Waals surface area contributed by atoms with Crippen LogP contribution >= 0.6 is 15.9 Å². The molecule has 0 aromatic carbocycles. The van der Waals surface area contributed by atoms with Crippen LogP contribution in [0.1, 0.15) is 5.69 Å². The molecular weight excluding hydrogens is 246 g/mol. The lowest BCUT2D eigenvalue weighted by atomic mass is 10.1. The van der Waals surface area contributed by atoms with Crippen molar-refractivity contribution >= 4 is 21.7 Å². The first-order chi connectivity index (χ1) is 6.70. The summed E-state index contributed by atoms with van der Waals surface area (Å²) in [6, 6.07) is 3.75. The van der Waals surface area contributed by atoms with E-state index in [2.05, 4.69) is 26.1 Å². The van der Waals surface area contributed by atoms with E-state index < -0.39 is 0 Å². The number of aromatic nitrogens is 2. The van der Waals surface area contributed by atoms with Gasteiger partial charge in [-0.3, -0.25) is 4.98 Å². The molecule has 0 spiro atoms. The quantitative estimate of drug-likeness (QED) is 0.848. The average molecular weight is 254 g/mol. The number of hydrogen-bond donors (Lipinski definition) is 1. The molecule has 0 aliphatic carbocycles. The fraction of sp³-hybridized carbons (Fsp3) is 0.111. The molecule has 0 aliphatic rings. The second kappa shape index (κ2) is 3.42. The maximum Gasteiger partial charge on any atom is 0.185 e. The predicted molar refractivity (Wildman–Crippen MR) is 56.6 cm³/mol. The molecule has 0 saturated heterocycles. The summed E-state index contributed by atoms with van der Waals surface area (Å²) >= 11 is 3.31. The summed E-state index contributed by atoms with van der Waals surface area (Å²) in [5.41, 5.74) is 7.33. The van der Waals surface area contributed by atoms with Crippen LogP contribution in [0.15, 0.2) is 27.3 Å². The molecule has 2 N–H and O–H groups in total.